The lowest BCUT2D eigenvalue weighted by Crippen LogP contribution is -2.50. The molecule has 0 spiro atoms. The normalized spacial score (nSPS) is 18.4. The van der Waals surface area contributed by atoms with Crippen molar-refractivity contribution in [1.29, 1.82) is 0 Å². The highest BCUT2D eigenvalue weighted by atomic mass is 35.5. The zero-order chi connectivity index (χ0) is 13.8. The predicted octanol–water partition coefficient (Wildman–Crippen LogP) is 1.50. The van der Waals surface area contributed by atoms with Crippen LogP contribution in [0.25, 0.3) is 0 Å². The fourth-order valence-corrected chi connectivity index (χ4v) is 2.79. The van der Waals surface area contributed by atoms with E-state index in [2.05, 4.69) is 17.9 Å². The van der Waals surface area contributed by atoms with Gasteiger partial charge < -0.3 is 10.6 Å². The zero-order valence-electron chi connectivity index (χ0n) is 11.2. The van der Waals surface area contributed by atoms with Gasteiger partial charge in [0.15, 0.2) is 0 Å². The maximum absolute atomic E-state index is 11.5. The second kappa shape index (κ2) is 6.37. The average molecular weight is 282 g/mol. The van der Waals surface area contributed by atoms with E-state index in [1.165, 1.54) is 0 Å². The van der Waals surface area contributed by atoms with Crippen molar-refractivity contribution < 1.29 is 4.79 Å². The van der Waals surface area contributed by atoms with Crippen LogP contribution in [-0.4, -0.2) is 48.4 Å². The van der Waals surface area contributed by atoms with Gasteiger partial charge in [0.2, 0.25) is 5.91 Å². The molecule has 104 valence electrons. The third kappa shape index (κ3) is 3.26. The van der Waals surface area contributed by atoms with Crippen LogP contribution >= 0.6 is 11.6 Å². The molecule has 0 radical (unpaired) electrons. The van der Waals surface area contributed by atoms with Crippen molar-refractivity contribution in [2.24, 2.45) is 5.73 Å². The van der Waals surface area contributed by atoms with Crippen molar-refractivity contribution in [1.82, 2.24) is 9.80 Å². The Morgan fingerprint density at radius 2 is 1.95 bits per heavy atom. The quantitative estimate of drug-likeness (QED) is 0.914. The van der Waals surface area contributed by atoms with E-state index in [-0.39, 0.29) is 18.5 Å². The molecule has 1 fully saturated rings. The molecule has 2 N–H and O–H groups in total. The lowest BCUT2D eigenvalue weighted by atomic mass is 10.1. The van der Waals surface area contributed by atoms with E-state index in [1.807, 2.05) is 23.1 Å². The zero-order valence-corrected chi connectivity index (χ0v) is 11.9. The van der Waals surface area contributed by atoms with Crippen LogP contribution in [0.3, 0.4) is 0 Å². The van der Waals surface area contributed by atoms with Crippen LogP contribution in [0, 0.1) is 0 Å². The Morgan fingerprint density at radius 3 is 2.53 bits per heavy atom. The van der Waals surface area contributed by atoms with Crippen LogP contribution in [0.5, 0.6) is 0 Å². The Morgan fingerprint density at radius 1 is 1.32 bits per heavy atom. The molecule has 5 heteroatoms. The summed E-state index contributed by atoms with van der Waals surface area (Å²) in [6.07, 6.45) is 0. The van der Waals surface area contributed by atoms with Gasteiger partial charge in [0.1, 0.15) is 0 Å². The van der Waals surface area contributed by atoms with Gasteiger partial charge >= 0.3 is 0 Å². The number of amides is 1. The summed E-state index contributed by atoms with van der Waals surface area (Å²) in [6, 6.07) is 8.19. The molecule has 1 saturated heterocycles. The van der Waals surface area contributed by atoms with Crippen LogP contribution in [0.15, 0.2) is 24.3 Å². The molecule has 1 aliphatic heterocycles. The van der Waals surface area contributed by atoms with Gasteiger partial charge in [-0.1, -0.05) is 29.8 Å². The number of nitrogens with two attached hydrogens (primary N) is 1. The van der Waals surface area contributed by atoms with Crippen molar-refractivity contribution in [3.05, 3.63) is 34.9 Å². The Hall–Kier alpha value is -1.10. The van der Waals surface area contributed by atoms with E-state index >= 15 is 0 Å². The van der Waals surface area contributed by atoms with Crippen molar-refractivity contribution in [3.8, 4) is 0 Å². The number of rotatable bonds is 3. The Labute approximate surface area is 119 Å². The average Bonchev–Trinajstić information content (AvgIpc) is 2.46. The molecule has 0 aliphatic carbocycles. The van der Waals surface area contributed by atoms with Crippen molar-refractivity contribution >= 4 is 17.5 Å². The molecule has 1 atom stereocenters. The maximum atomic E-state index is 11.5. The molecular formula is C14H20ClN3O. The van der Waals surface area contributed by atoms with Gasteiger partial charge in [-0.3, -0.25) is 9.69 Å². The van der Waals surface area contributed by atoms with Crippen LogP contribution in [0.2, 0.25) is 5.02 Å². The number of piperazine rings is 1. The number of benzene rings is 1. The fourth-order valence-electron chi connectivity index (χ4n) is 2.50. The first kappa shape index (κ1) is 14.3. The predicted molar refractivity (Wildman–Crippen MR) is 77.1 cm³/mol. The van der Waals surface area contributed by atoms with Gasteiger partial charge in [0.05, 0.1) is 6.54 Å². The molecule has 19 heavy (non-hydrogen) atoms. The third-order valence-corrected chi connectivity index (χ3v) is 4.09. The van der Waals surface area contributed by atoms with Crippen molar-refractivity contribution in [2.45, 2.75) is 13.0 Å². The summed E-state index contributed by atoms with van der Waals surface area (Å²) >= 11 is 6.23. The molecule has 1 heterocycles. The highest BCUT2D eigenvalue weighted by Crippen LogP contribution is 2.27. The summed E-state index contributed by atoms with van der Waals surface area (Å²) in [4.78, 5) is 15.7. The Kier molecular flexibility index (Phi) is 4.80. The lowest BCUT2D eigenvalue weighted by molar-refractivity contribution is -0.131. The van der Waals surface area contributed by atoms with Crippen molar-refractivity contribution in [2.75, 3.05) is 32.7 Å². The van der Waals surface area contributed by atoms with E-state index < -0.39 is 0 Å². The monoisotopic (exact) mass is 281 g/mol. The van der Waals surface area contributed by atoms with E-state index in [9.17, 15) is 4.79 Å². The summed E-state index contributed by atoms with van der Waals surface area (Å²) < 4.78 is 0. The minimum atomic E-state index is 0.0325. The molecule has 2 rings (SSSR count). The van der Waals surface area contributed by atoms with E-state index in [0.717, 1.165) is 36.8 Å². The molecule has 1 unspecified atom stereocenters. The summed E-state index contributed by atoms with van der Waals surface area (Å²) in [5.74, 6) is 0.0325. The SMILES string of the molecule is CC(c1ccccc1Cl)N1CCN(C(=O)CN)CC1. The summed E-state index contributed by atoms with van der Waals surface area (Å²) in [5, 5.41) is 0.801. The van der Waals surface area contributed by atoms with E-state index in [1.54, 1.807) is 0 Å². The molecule has 1 aromatic carbocycles. The van der Waals surface area contributed by atoms with Crippen molar-refractivity contribution in [3.63, 3.8) is 0 Å². The largest absolute Gasteiger partial charge is 0.339 e. The molecule has 0 aromatic heterocycles. The van der Waals surface area contributed by atoms with E-state index in [0.29, 0.717) is 0 Å². The summed E-state index contributed by atoms with van der Waals surface area (Å²) in [5.41, 5.74) is 6.53. The first-order valence-corrected chi connectivity index (χ1v) is 6.97. The Balaban J connectivity index is 1.98. The van der Waals surface area contributed by atoms with Gasteiger partial charge in [-0.25, -0.2) is 0 Å². The highest BCUT2D eigenvalue weighted by Gasteiger charge is 2.24. The third-order valence-electron chi connectivity index (χ3n) is 3.74. The Bertz CT molecular complexity index is 444. The number of hydrogen-bond donors (Lipinski definition) is 1. The second-order valence-electron chi connectivity index (χ2n) is 4.82. The molecule has 0 saturated carbocycles. The minimum Gasteiger partial charge on any atom is -0.339 e. The number of carbonyl (C=O) groups is 1. The number of halogens is 1. The maximum Gasteiger partial charge on any atom is 0.236 e. The van der Waals surface area contributed by atoms with Gasteiger partial charge in [-0.15, -0.1) is 0 Å². The van der Waals surface area contributed by atoms with Crippen LogP contribution in [0.4, 0.5) is 0 Å². The van der Waals surface area contributed by atoms with Crippen LogP contribution in [-0.2, 0) is 4.79 Å². The molecular weight excluding hydrogens is 262 g/mol. The molecule has 1 aromatic rings. The summed E-state index contributed by atoms with van der Waals surface area (Å²) in [6.45, 7) is 5.45. The fraction of sp³-hybridized carbons (Fsp3) is 0.500. The van der Waals surface area contributed by atoms with Gasteiger partial charge in [0, 0.05) is 37.2 Å². The van der Waals surface area contributed by atoms with Gasteiger partial charge in [-0.2, -0.15) is 0 Å². The number of hydrogen-bond acceptors (Lipinski definition) is 3. The first-order chi connectivity index (χ1) is 9.13. The van der Waals surface area contributed by atoms with Crippen LogP contribution < -0.4 is 5.73 Å². The molecule has 1 amide bonds. The number of carbonyl (C=O) groups excluding carboxylic acids is 1. The minimum absolute atomic E-state index is 0.0325. The van der Waals surface area contributed by atoms with Gasteiger partial charge in [-0.05, 0) is 18.6 Å². The summed E-state index contributed by atoms with van der Waals surface area (Å²) in [7, 11) is 0. The number of nitrogens with zero attached hydrogens (tertiary/aromatic N) is 2. The highest BCUT2D eigenvalue weighted by molar-refractivity contribution is 6.31. The smallest absolute Gasteiger partial charge is 0.236 e. The van der Waals surface area contributed by atoms with E-state index in [4.69, 9.17) is 17.3 Å². The molecule has 0 bridgehead atoms. The molecule has 1 aliphatic rings. The second-order valence-corrected chi connectivity index (χ2v) is 5.23. The molecule has 4 nitrogen and oxygen atoms in total. The standard InChI is InChI=1S/C14H20ClN3O/c1-11(12-4-2-3-5-13(12)15)17-6-8-18(9-7-17)14(19)10-16/h2-5,11H,6-10,16H2,1H3. The van der Waals surface area contributed by atoms with Crippen LogP contribution in [0.1, 0.15) is 18.5 Å². The first-order valence-electron chi connectivity index (χ1n) is 6.60. The topological polar surface area (TPSA) is 49.6 Å². The lowest BCUT2D eigenvalue weighted by Gasteiger charge is -2.38. The van der Waals surface area contributed by atoms with Gasteiger partial charge in [0.25, 0.3) is 0 Å².